The molecular weight excluding hydrogens is 244 g/mol. The molecule has 1 N–H and O–H groups in total. The second-order valence-electron chi connectivity index (χ2n) is 6.07. The molecule has 0 unspecified atom stereocenters. The largest absolute Gasteiger partial charge is 0.370 e. The number of hydrogen-bond donors (Lipinski definition) is 1. The van der Waals surface area contributed by atoms with Crippen LogP contribution in [0.15, 0.2) is 24.3 Å². The summed E-state index contributed by atoms with van der Waals surface area (Å²) in [6.07, 6.45) is 7.20. The third-order valence-corrected chi connectivity index (χ3v) is 4.55. The van der Waals surface area contributed by atoms with Gasteiger partial charge >= 0.3 is 0 Å². The summed E-state index contributed by atoms with van der Waals surface area (Å²) in [6, 6.07) is 8.70. The van der Waals surface area contributed by atoms with E-state index in [-0.39, 0.29) is 0 Å². The number of anilines is 1. The third kappa shape index (κ3) is 4.52. The first kappa shape index (κ1) is 15.4. The maximum atomic E-state index is 3.67. The predicted molar refractivity (Wildman–Crippen MR) is 88.5 cm³/mol. The monoisotopic (exact) mass is 274 g/mol. The number of aryl methyl sites for hydroxylation is 1. The van der Waals surface area contributed by atoms with Crippen LogP contribution in [0.4, 0.5) is 5.69 Å². The van der Waals surface area contributed by atoms with Crippen molar-refractivity contribution < 1.29 is 0 Å². The third-order valence-electron chi connectivity index (χ3n) is 4.55. The van der Waals surface area contributed by atoms with Crippen molar-refractivity contribution in [3.05, 3.63) is 29.8 Å². The predicted octanol–water partition coefficient (Wildman–Crippen LogP) is 3.99. The highest BCUT2D eigenvalue weighted by Gasteiger charge is 2.13. The second-order valence-corrected chi connectivity index (χ2v) is 6.07. The standard InChI is InChI=1S/C18H30N2/c1-3-20(18-12-8-7-9-16(18)2)14-13-19-15-17-10-5-4-6-11-17/h7-9,12,17,19H,3-6,10-11,13-15H2,1-2H3. The summed E-state index contributed by atoms with van der Waals surface area (Å²) in [5.74, 6) is 0.928. The van der Waals surface area contributed by atoms with Gasteiger partial charge in [0.15, 0.2) is 0 Å². The molecule has 0 atom stereocenters. The summed E-state index contributed by atoms with van der Waals surface area (Å²) >= 11 is 0. The Labute approximate surface area is 124 Å². The lowest BCUT2D eigenvalue weighted by Gasteiger charge is -2.26. The van der Waals surface area contributed by atoms with Gasteiger partial charge in [-0.25, -0.2) is 0 Å². The van der Waals surface area contributed by atoms with Gasteiger partial charge in [0.1, 0.15) is 0 Å². The molecule has 1 fully saturated rings. The fourth-order valence-corrected chi connectivity index (χ4v) is 3.28. The maximum absolute atomic E-state index is 3.67. The average Bonchev–Trinajstić information content (AvgIpc) is 2.50. The molecule has 0 amide bonds. The molecule has 2 rings (SSSR count). The van der Waals surface area contributed by atoms with Gasteiger partial charge in [-0.3, -0.25) is 0 Å². The topological polar surface area (TPSA) is 15.3 Å². The molecular formula is C18H30N2. The quantitative estimate of drug-likeness (QED) is 0.756. The Kier molecular flexibility index (Phi) is 6.38. The molecule has 1 aliphatic carbocycles. The normalized spacial score (nSPS) is 16.3. The van der Waals surface area contributed by atoms with Gasteiger partial charge in [-0.2, -0.15) is 0 Å². The highest BCUT2D eigenvalue weighted by Crippen LogP contribution is 2.22. The fraction of sp³-hybridized carbons (Fsp3) is 0.667. The molecule has 1 aliphatic rings. The molecule has 0 aromatic heterocycles. The first-order valence-corrected chi connectivity index (χ1v) is 8.32. The highest BCUT2D eigenvalue weighted by molar-refractivity contribution is 5.52. The Morgan fingerprint density at radius 1 is 1.15 bits per heavy atom. The number of benzene rings is 1. The first-order valence-electron chi connectivity index (χ1n) is 8.32. The zero-order valence-corrected chi connectivity index (χ0v) is 13.2. The number of nitrogens with zero attached hydrogens (tertiary/aromatic N) is 1. The van der Waals surface area contributed by atoms with Crippen LogP contribution in [0.2, 0.25) is 0 Å². The molecule has 2 heteroatoms. The molecule has 1 saturated carbocycles. The van der Waals surface area contributed by atoms with Crippen molar-refractivity contribution in [3.63, 3.8) is 0 Å². The zero-order valence-electron chi connectivity index (χ0n) is 13.2. The molecule has 1 aromatic rings. The minimum atomic E-state index is 0.928. The van der Waals surface area contributed by atoms with Crippen molar-refractivity contribution in [3.8, 4) is 0 Å². The van der Waals surface area contributed by atoms with Gasteiger partial charge in [0, 0.05) is 25.3 Å². The molecule has 0 bridgehead atoms. The minimum Gasteiger partial charge on any atom is -0.370 e. The summed E-state index contributed by atoms with van der Waals surface area (Å²) in [7, 11) is 0. The van der Waals surface area contributed by atoms with Gasteiger partial charge in [0.2, 0.25) is 0 Å². The zero-order chi connectivity index (χ0) is 14.2. The van der Waals surface area contributed by atoms with Crippen LogP contribution in [0.1, 0.15) is 44.6 Å². The van der Waals surface area contributed by atoms with E-state index >= 15 is 0 Å². The first-order chi connectivity index (χ1) is 9.81. The van der Waals surface area contributed by atoms with Crippen LogP contribution in [-0.2, 0) is 0 Å². The van der Waals surface area contributed by atoms with Crippen LogP contribution >= 0.6 is 0 Å². The van der Waals surface area contributed by atoms with Crippen molar-refractivity contribution in [1.82, 2.24) is 5.32 Å². The summed E-state index contributed by atoms with van der Waals surface area (Å²) in [5.41, 5.74) is 2.76. The van der Waals surface area contributed by atoms with Crippen LogP contribution in [0, 0.1) is 12.8 Å². The van der Waals surface area contributed by atoms with Crippen molar-refractivity contribution in [2.45, 2.75) is 46.0 Å². The van der Waals surface area contributed by atoms with E-state index in [0.29, 0.717) is 0 Å². The van der Waals surface area contributed by atoms with Gasteiger partial charge < -0.3 is 10.2 Å². The summed E-state index contributed by atoms with van der Waals surface area (Å²) in [6.45, 7) is 8.94. The van der Waals surface area contributed by atoms with E-state index in [9.17, 15) is 0 Å². The summed E-state index contributed by atoms with van der Waals surface area (Å²) < 4.78 is 0. The van der Waals surface area contributed by atoms with Gasteiger partial charge in [-0.15, -0.1) is 0 Å². The number of nitrogens with one attached hydrogen (secondary N) is 1. The van der Waals surface area contributed by atoms with E-state index in [1.807, 2.05) is 0 Å². The summed E-state index contributed by atoms with van der Waals surface area (Å²) in [5, 5.41) is 3.67. The van der Waals surface area contributed by atoms with Gasteiger partial charge in [-0.1, -0.05) is 37.5 Å². The summed E-state index contributed by atoms with van der Waals surface area (Å²) in [4.78, 5) is 2.48. The minimum absolute atomic E-state index is 0.928. The molecule has 0 aliphatic heterocycles. The van der Waals surface area contributed by atoms with Crippen molar-refractivity contribution in [1.29, 1.82) is 0 Å². The smallest absolute Gasteiger partial charge is 0.0396 e. The van der Waals surface area contributed by atoms with Crippen LogP contribution in [0.5, 0.6) is 0 Å². The van der Waals surface area contributed by atoms with Gasteiger partial charge in [0.05, 0.1) is 0 Å². The Morgan fingerprint density at radius 2 is 1.90 bits per heavy atom. The Bertz CT molecular complexity index is 383. The fourth-order valence-electron chi connectivity index (χ4n) is 3.28. The Balaban J connectivity index is 1.72. The number of likely N-dealkylation sites (N-methyl/N-ethyl adjacent to an activating group) is 1. The van der Waals surface area contributed by atoms with Crippen LogP contribution in [0.25, 0.3) is 0 Å². The molecule has 2 nitrogen and oxygen atoms in total. The number of hydrogen-bond acceptors (Lipinski definition) is 2. The van der Waals surface area contributed by atoms with Crippen molar-refractivity contribution >= 4 is 5.69 Å². The molecule has 20 heavy (non-hydrogen) atoms. The number of para-hydroxylation sites is 1. The van der Waals surface area contributed by atoms with Crippen LogP contribution in [-0.4, -0.2) is 26.2 Å². The Morgan fingerprint density at radius 3 is 2.60 bits per heavy atom. The van der Waals surface area contributed by atoms with Gasteiger partial charge in [-0.05, 0) is 50.8 Å². The Hall–Kier alpha value is -1.02. The maximum Gasteiger partial charge on any atom is 0.0396 e. The molecule has 0 spiro atoms. The molecule has 0 saturated heterocycles. The van der Waals surface area contributed by atoms with Crippen LogP contribution < -0.4 is 10.2 Å². The lowest BCUT2D eigenvalue weighted by Crippen LogP contribution is -2.34. The SMILES string of the molecule is CCN(CCNCC1CCCCC1)c1ccccc1C. The lowest BCUT2D eigenvalue weighted by molar-refractivity contribution is 0.343. The molecule has 1 aromatic carbocycles. The molecule has 0 heterocycles. The molecule has 0 radical (unpaired) electrons. The van der Waals surface area contributed by atoms with E-state index in [4.69, 9.17) is 0 Å². The van der Waals surface area contributed by atoms with Crippen molar-refractivity contribution in [2.24, 2.45) is 5.92 Å². The van der Waals surface area contributed by atoms with E-state index in [1.165, 1.54) is 49.9 Å². The molecule has 112 valence electrons. The lowest BCUT2D eigenvalue weighted by atomic mass is 9.89. The van der Waals surface area contributed by atoms with Crippen molar-refractivity contribution in [2.75, 3.05) is 31.1 Å². The van der Waals surface area contributed by atoms with Gasteiger partial charge in [0.25, 0.3) is 0 Å². The van der Waals surface area contributed by atoms with E-state index < -0.39 is 0 Å². The van der Waals surface area contributed by atoms with E-state index in [2.05, 4.69) is 48.3 Å². The number of rotatable bonds is 7. The second kappa shape index (κ2) is 8.31. The van der Waals surface area contributed by atoms with E-state index in [1.54, 1.807) is 0 Å². The average molecular weight is 274 g/mol. The highest BCUT2D eigenvalue weighted by atomic mass is 15.1. The van der Waals surface area contributed by atoms with E-state index in [0.717, 1.165) is 25.6 Å². The van der Waals surface area contributed by atoms with Crippen LogP contribution in [0.3, 0.4) is 0 Å².